The van der Waals surface area contributed by atoms with Gasteiger partial charge in [-0.05, 0) is 48.1 Å². The quantitative estimate of drug-likeness (QED) is 0.649. The van der Waals surface area contributed by atoms with Gasteiger partial charge in [0.15, 0.2) is 6.61 Å². The molecule has 2 aromatic rings. The topological polar surface area (TPSA) is 47.6 Å². The number of ether oxygens (including phenoxy) is 2. The number of para-hydroxylation sites is 1. The van der Waals surface area contributed by atoms with Gasteiger partial charge in [0.05, 0.1) is 0 Å². The minimum Gasteiger partial charge on any atom is -0.483 e. The average Bonchev–Trinajstić information content (AvgIpc) is 2.71. The summed E-state index contributed by atoms with van der Waals surface area (Å²) in [5.41, 5.74) is 2.26. The number of carbonyl (C=O) groups is 1. The van der Waals surface area contributed by atoms with Crippen LogP contribution < -0.4 is 14.8 Å². The van der Waals surface area contributed by atoms with Gasteiger partial charge in [0.2, 0.25) is 0 Å². The number of hydrogen-bond acceptors (Lipinski definition) is 3. The third-order valence-electron chi connectivity index (χ3n) is 4.40. The van der Waals surface area contributed by atoms with E-state index >= 15 is 0 Å². The largest absolute Gasteiger partial charge is 0.483 e. The molecule has 142 valence electrons. The number of terminal acetylenes is 1. The first-order chi connectivity index (χ1) is 13.1. The highest BCUT2D eigenvalue weighted by molar-refractivity contribution is 5.77. The van der Waals surface area contributed by atoms with Crippen LogP contribution >= 0.6 is 0 Å². The lowest BCUT2D eigenvalue weighted by atomic mass is 9.98. The highest BCUT2D eigenvalue weighted by Gasteiger charge is 2.11. The van der Waals surface area contributed by atoms with Crippen molar-refractivity contribution in [2.24, 2.45) is 0 Å². The first-order valence-electron chi connectivity index (χ1n) is 9.27. The van der Waals surface area contributed by atoms with Gasteiger partial charge in [-0.3, -0.25) is 4.79 Å². The Kier molecular flexibility index (Phi) is 8.25. The van der Waals surface area contributed by atoms with Crippen LogP contribution in [0.15, 0.2) is 48.5 Å². The Morgan fingerprint density at radius 2 is 1.89 bits per heavy atom. The Hall–Kier alpha value is -2.93. The maximum Gasteiger partial charge on any atom is 0.257 e. The summed E-state index contributed by atoms with van der Waals surface area (Å²) in [6.07, 6.45) is 6.93. The number of rotatable bonds is 10. The van der Waals surface area contributed by atoms with Crippen molar-refractivity contribution in [1.82, 2.24) is 5.32 Å². The Balaban J connectivity index is 1.75. The Labute approximate surface area is 161 Å². The zero-order valence-corrected chi connectivity index (χ0v) is 16.0. The third-order valence-corrected chi connectivity index (χ3v) is 4.40. The summed E-state index contributed by atoms with van der Waals surface area (Å²) in [4.78, 5) is 12.1. The molecule has 0 heterocycles. The highest BCUT2D eigenvalue weighted by Crippen LogP contribution is 2.28. The highest BCUT2D eigenvalue weighted by atomic mass is 16.5. The minimum absolute atomic E-state index is 0.0202. The van der Waals surface area contributed by atoms with Gasteiger partial charge in [0.25, 0.3) is 5.91 Å². The monoisotopic (exact) mass is 365 g/mol. The first kappa shape index (κ1) is 20.4. The molecule has 0 aliphatic carbocycles. The Bertz CT molecular complexity index is 762. The van der Waals surface area contributed by atoms with Crippen LogP contribution in [0.1, 0.15) is 37.3 Å². The van der Waals surface area contributed by atoms with E-state index in [2.05, 4.69) is 31.2 Å². The van der Waals surface area contributed by atoms with Crippen LogP contribution in [0.5, 0.6) is 11.5 Å². The normalized spacial score (nSPS) is 11.3. The van der Waals surface area contributed by atoms with Crippen molar-refractivity contribution in [3.05, 3.63) is 59.7 Å². The van der Waals surface area contributed by atoms with Gasteiger partial charge in [-0.15, -0.1) is 6.42 Å². The number of nitrogens with one attached hydrogen (secondary N) is 1. The molecule has 1 N–H and O–H groups in total. The van der Waals surface area contributed by atoms with Crippen molar-refractivity contribution >= 4 is 5.91 Å². The zero-order chi connectivity index (χ0) is 19.5. The number of carbonyl (C=O) groups excluding carboxylic acids is 1. The third kappa shape index (κ3) is 6.71. The molecule has 1 unspecified atom stereocenters. The van der Waals surface area contributed by atoms with E-state index in [1.807, 2.05) is 42.5 Å². The molecule has 2 aromatic carbocycles. The van der Waals surface area contributed by atoms with Crippen LogP contribution in [-0.2, 0) is 11.2 Å². The second kappa shape index (κ2) is 10.9. The van der Waals surface area contributed by atoms with E-state index in [4.69, 9.17) is 15.9 Å². The lowest BCUT2D eigenvalue weighted by molar-refractivity contribution is -0.123. The van der Waals surface area contributed by atoms with Crippen LogP contribution in [0, 0.1) is 12.3 Å². The van der Waals surface area contributed by atoms with Crippen LogP contribution in [0.3, 0.4) is 0 Å². The average molecular weight is 365 g/mol. The smallest absolute Gasteiger partial charge is 0.257 e. The van der Waals surface area contributed by atoms with Gasteiger partial charge in [-0.1, -0.05) is 50.1 Å². The van der Waals surface area contributed by atoms with E-state index < -0.39 is 0 Å². The van der Waals surface area contributed by atoms with Crippen molar-refractivity contribution in [1.29, 1.82) is 0 Å². The predicted octanol–water partition coefficient (Wildman–Crippen LogP) is 3.95. The van der Waals surface area contributed by atoms with Gasteiger partial charge in [0.1, 0.15) is 18.1 Å². The molecule has 0 aliphatic heterocycles. The van der Waals surface area contributed by atoms with Crippen LogP contribution in [0.4, 0.5) is 0 Å². The number of hydrogen-bond donors (Lipinski definition) is 1. The van der Waals surface area contributed by atoms with Crippen molar-refractivity contribution in [2.45, 2.75) is 32.6 Å². The second-order valence-electron chi connectivity index (χ2n) is 6.37. The molecule has 0 fully saturated rings. The standard InChI is InChI=1S/C23H27NO3/c1-4-16-26-20-12-10-19(11-13-20)14-15-24-23(25)17-27-22-9-7-6-8-21(22)18(3)5-2/h1,6-13,18H,5,14-17H2,2-3H3,(H,24,25). The molecule has 0 spiro atoms. The first-order valence-corrected chi connectivity index (χ1v) is 9.27. The van der Waals surface area contributed by atoms with Crippen LogP contribution in [-0.4, -0.2) is 25.7 Å². The van der Waals surface area contributed by atoms with E-state index in [0.29, 0.717) is 12.5 Å². The fourth-order valence-corrected chi connectivity index (χ4v) is 2.66. The summed E-state index contributed by atoms with van der Waals surface area (Å²) in [6, 6.07) is 15.6. The van der Waals surface area contributed by atoms with Crippen molar-refractivity contribution < 1.29 is 14.3 Å². The van der Waals surface area contributed by atoms with Crippen LogP contribution in [0.2, 0.25) is 0 Å². The summed E-state index contributed by atoms with van der Waals surface area (Å²) >= 11 is 0. The van der Waals surface area contributed by atoms with Gasteiger partial charge >= 0.3 is 0 Å². The summed E-state index contributed by atoms with van der Waals surface area (Å²) in [5, 5.41) is 2.89. The molecule has 2 rings (SSSR count). The summed E-state index contributed by atoms with van der Waals surface area (Å²) in [7, 11) is 0. The van der Waals surface area contributed by atoms with Crippen molar-refractivity contribution in [3.63, 3.8) is 0 Å². The van der Waals surface area contributed by atoms with E-state index in [0.717, 1.165) is 35.5 Å². The number of amides is 1. The summed E-state index contributed by atoms with van der Waals surface area (Å²) in [5.74, 6) is 4.24. The molecule has 1 atom stereocenters. The molecule has 27 heavy (non-hydrogen) atoms. The Morgan fingerprint density at radius 1 is 1.15 bits per heavy atom. The van der Waals surface area contributed by atoms with Gasteiger partial charge in [0, 0.05) is 6.54 Å². The predicted molar refractivity (Wildman–Crippen MR) is 108 cm³/mol. The SMILES string of the molecule is C#CCOc1ccc(CCNC(=O)COc2ccccc2C(C)CC)cc1. The second-order valence-corrected chi connectivity index (χ2v) is 6.37. The van der Waals surface area contributed by atoms with E-state index in [1.165, 1.54) is 0 Å². The van der Waals surface area contributed by atoms with Gasteiger partial charge in [-0.2, -0.15) is 0 Å². The Morgan fingerprint density at radius 3 is 2.59 bits per heavy atom. The molecule has 0 aliphatic rings. The maximum absolute atomic E-state index is 12.1. The molecule has 1 amide bonds. The molecule has 4 heteroatoms. The summed E-state index contributed by atoms with van der Waals surface area (Å²) in [6.45, 7) is 5.13. The van der Waals surface area contributed by atoms with Crippen LogP contribution in [0.25, 0.3) is 0 Å². The molecule has 0 aromatic heterocycles. The molecule has 0 bridgehead atoms. The summed E-state index contributed by atoms with van der Waals surface area (Å²) < 4.78 is 11.1. The number of benzene rings is 2. The lowest BCUT2D eigenvalue weighted by Crippen LogP contribution is -2.30. The molecule has 4 nitrogen and oxygen atoms in total. The molecular weight excluding hydrogens is 338 g/mol. The molecular formula is C23H27NO3. The molecule has 0 saturated carbocycles. The van der Waals surface area contributed by atoms with Gasteiger partial charge < -0.3 is 14.8 Å². The molecule has 0 saturated heterocycles. The molecule has 0 radical (unpaired) electrons. The van der Waals surface area contributed by atoms with Crippen molar-refractivity contribution in [2.75, 3.05) is 19.8 Å². The maximum atomic E-state index is 12.1. The van der Waals surface area contributed by atoms with E-state index in [1.54, 1.807) is 0 Å². The van der Waals surface area contributed by atoms with Gasteiger partial charge in [-0.25, -0.2) is 0 Å². The zero-order valence-electron chi connectivity index (χ0n) is 16.0. The van der Waals surface area contributed by atoms with E-state index in [-0.39, 0.29) is 19.1 Å². The fourth-order valence-electron chi connectivity index (χ4n) is 2.66. The van der Waals surface area contributed by atoms with E-state index in [9.17, 15) is 4.79 Å². The minimum atomic E-state index is -0.122. The van der Waals surface area contributed by atoms with Crippen molar-refractivity contribution in [3.8, 4) is 23.8 Å². The lowest BCUT2D eigenvalue weighted by Gasteiger charge is -2.15. The fraction of sp³-hybridized carbons (Fsp3) is 0.348.